The number of benzene rings is 1. The summed E-state index contributed by atoms with van der Waals surface area (Å²) in [5, 5.41) is 2.91. The van der Waals surface area contributed by atoms with Gasteiger partial charge in [0.25, 0.3) is 0 Å². The normalized spacial score (nSPS) is 17.3. The first-order chi connectivity index (χ1) is 10.1. The topological polar surface area (TPSA) is 78.7 Å². The number of urea groups is 1. The molecule has 2 rings (SSSR count). The van der Waals surface area contributed by atoms with Gasteiger partial charge >= 0.3 is 6.03 Å². The lowest BCUT2D eigenvalue weighted by atomic mass is 10.2. The average molecular weight is 290 g/mol. The maximum Gasteiger partial charge on any atom is 0.317 e. The minimum Gasteiger partial charge on any atom is -0.368 e. The fraction of sp³-hybridized carbons (Fsp3) is 0.467. The van der Waals surface area contributed by atoms with E-state index in [1.165, 1.54) is 0 Å². The van der Waals surface area contributed by atoms with Gasteiger partial charge in [-0.2, -0.15) is 0 Å². The van der Waals surface area contributed by atoms with Crippen molar-refractivity contribution in [2.75, 3.05) is 26.2 Å². The van der Waals surface area contributed by atoms with Crippen LogP contribution < -0.4 is 11.1 Å². The van der Waals surface area contributed by atoms with Crippen molar-refractivity contribution >= 4 is 11.9 Å². The number of nitrogens with two attached hydrogens (primary N) is 1. The number of nitrogens with zero attached hydrogens (tertiary/aromatic N) is 2. The van der Waals surface area contributed by atoms with Gasteiger partial charge in [0, 0.05) is 32.7 Å². The molecule has 1 saturated heterocycles. The van der Waals surface area contributed by atoms with Gasteiger partial charge in [0.1, 0.15) is 0 Å². The number of hydrogen-bond donors (Lipinski definition) is 2. The Balaban J connectivity index is 1.77. The summed E-state index contributed by atoms with van der Waals surface area (Å²) in [5.74, 6) is -0.322. The fourth-order valence-corrected chi connectivity index (χ4v) is 2.38. The van der Waals surface area contributed by atoms with Gasteiger partial charge in [-0.05, 0) is 12.5 Å². The molecule has 6 nitrogen and oxygen atoms in total. The van der Waals surface area contributed by atoms with Crippen LogP contribution in [0.15, 0.2) is 30.3 Å². The number of carbonyl (C=O) groups is 2. The van der Waals surface area contributed by atoms with Gasteiger partial charge in [-0.3, -0.25) is 9.69 Å². The van der Waals surface area contributed by atoms with E-state index >= 15 is 0 Å². The Hall–Kier alpha value is -2.08. The van der Waals surface area contributed by atoms with Crippen LogP contribution in [-0.4, -0.2) is 54.0 Å². The molecule has 1 aliphatic rings. The van der Waals surface area contributed by atoms with Crippen LogP contribution in [0.3, 0.4) is 0 Å². The Labute approximate surface area is 124 Å². The minimum atomic E-state index is -0.322. The molecule has 0 saturated carbocycles. The number of rotatable bonds is 4. The Morgan fingerprint density at radius 3 is 2.38 bits per heavy atom. The van der Waals surface area contributed by atoms with Crippen molar-refractivity contribution < 1.29 is 9.59 Å². The van der Waals surface area contributed by atoms with E-state index in [2.05, 4.69) is 5.32 Å². The van der Waals surface area contributed by atoms with Crippen molar-refractivity contribution in [1.29, 1.82) is 0 Å². The van der Waals surface area contributed by atoms with Gasteiger partial charge in [-0.25, -0.2) is 4.79 Å². The first-order valence-electron chi connectivity index (χ1n) is 7.18. The highest BCUT2D eigenvalue weighted by atomic mass is 16.2. The van der Waals surface area contributed by atoms with E-state index < -0.39 is 0 Å². The predicted octanol–water partition coefficient (Wildman–Crippen LogP) is 0.388. The molecule has 21 heavy (non-hydrogen) atoms. The molecular formula is C15H22N4O2. The second-order valence-electron chi connectivity index (χ2n) is 5.25. The Morgan fingerprint density at radius 2 is 1.81 bits per heavy atom. The second kappa shape index (κ2) is 7.08. The zero-order chi connectivity index (χ0) is 15.2. The number of carbonyl (C=O) groups excluding carboxylic acids is 2. The quantitative estimate of drug-likeness (QED) is 0.842. The summed E-state index contributed by atoms with van der Waals surface area (Å²) in [5.41, 5.74) is 6.38. The summed E-state index contributed by atoms with van der Waals surface area (Å²) in [6.07, 6.45) is 0. The maximum atomic E-state index is 12.1. The third kappa shape index (κ3) is 4.19. The van der Waals surface area contributed by atoms with E-state index in [-0.39, 0.29) is 18.0 Å². The number of primary amides is 1. The summed E-state index contributed by atoms with van der Waals surface area (Å²) in [4.78, 5) is 27.0. The molecule has 6 heteroatoms. The third-order valence-electron chi connectivity index (χ3n) is 3.85. The van der Waals surface area contributed by atoms with Crippen LogP contribution in [-0.2, 0) is 11.3 Å². The summed E-state index contributed by atoms with van der Waals surface area (Å²) in [7, 11) is 0. The molecule has 0 radical (unpaired) electrons. The van der Waals surface area contributed by atoms with E-state index in [1.807, 2.05) is 35.2 Å². The van der Waals surface area contributed by atoms with Crippen LogP contribution in [0.25, 0.3) is 0 Å². The zero-order valence-corrected chi connectivity index (χ0v) is 12.3. The molecule has 0 aliphatic carbocycles. The molecule has 1 heterocycles. The van der Waals surface area contributed by atoms with Crippen LogP contribution in [0.5, 0.6) is 0 Å². The number of nitrogens with one attached hydrogen (secondary N) is 1. The molecule has 1 aliphatic heterocycles. The van der Waals surface area contributed by atoms with Gasteiger partial charge in [0.15, 0.2) is 0 Å². The van der Waals surface area contributed by atoms with Crippen molar-refractivity contribution in [1.82, 2.24) is 15.1 Å². The molecule has 3 N–H and O–H groups in total. The molecule has 1 unspecified atom stereocenters. The van der Waals surface area contributed by atoms with E-state index in [4.69, 9.17) is 5.73 Å². The standard InChI is InChI=1S/C15H22N4O2/c1-12(14(16)20)18-7-9-19(10-8-18)15(21)17-11-13-5-3-2-4-6-13/h2-6,12H,7-11H2,1H3,(H2,16,20)(H,17,21). The van der Waals surface area contributed by atoms with Crippen molar-refractivity contribution in [3.8, 4) is 0 Å². The largest absolute Gasteiger partial charge is 0.368 e. The van der Waals surface area contributed by atoms with E-state index in [0.717, 1.165) is 5.56 Å². The van der Waals surface area contributed by atoms with Crippen LogP contribution >= 0.6 is 0 Å². The fourth-order valence-electron chi connectivity index (χ4n) is 2.38. The lowest BCUT2D eigenvalue weighted by Crippen LogP contribution is -2.55. The van der Waals surface area contributed by atoms with E-state index in [0.29, 0.717) is 32.7 Å². The van der Waals surface area contributed by atoms with Crippen LogP contribution in [0.4, 0.5) is 4.79 Å². The van der Waals surface area contributed by atoms with Crippen molar-refractivity contribution in [2.45, 2.75) is 19.5 Å². The van der Waals surface area contributed by atoms with Gasteiger partial charge in [-0.1, -0.05) is 30.3 Å². The summed E-state index contributed by atoms with van der Waals surface area (Å²) in [6, 6.07) is 9.46. The summed E-state index contributed by atoms with van der Waals surface area (Å²) < 4.78 is 0. The highest BCUT2D eigenvalue weighted by Crippen LogP contribution is 2.06. The third-order valence-corrected chi connectivity index (χ3v) is 3.85. The van der Waals surface area contributed by atoms with E-state index in [9.17, 15) is 9.59 Å². The smallest absolute Gasteiger partial charge is 0.317 e. The number of piperazine rings is 1. The van der Waals surface area contributed by atoms with E-state index in [1.54, 1.807) is 11.8 Å². The minimum absolute atomic E-state index is 0.0646. The number of amides is 3. The molecule has 0 spiro atoms. The van der Waals surface area contributed by atoms with Crippen LogP contribution in [0.2, 0.25) is 0 Å². The van der Waals surface area contributed by atoms with Crippen molar-refractivity contribution in [3.05, 3.63) is 35.9 Å². The molecule has 1 aromatic carbocycles. The van der Waals surface area contributed by atoms with Crippen molar-refractivity contribution in [2.24, 2.45) is 5.73 Å². The number of hydrogen-bond acceptors (Lipinski definition) is 3. The Morgan fingerprint density at radius 1 is 1.19 bits per heavy atom. The van der Waals surface area contributed by atoms with Crippen LogP contribution in [0.1, 0.15) is 12.5 Å². The Bertz CT molecular complexity index is 484. The first-order valence-corrected chi connectivity index (χ1v) is 7.18. The van der Waals surface area contributed by atoms with Gasteiger partial charge in [-0.15, -0.1) is 0 Å². The summed E-state index contributed by atoms with van der Waals surface area (Å²) >= 11 is 0. The first kappa shape index (κ1) is 15.3. The summed E-state index contributed by atoms with van der Waals surface area (Å²) in [6.45, 7) is 4.88. The van der Waals surface area contributed by atoms with Gasteiger partial charge in [0.2, 0.25) is 5.91 Å². The molecule has 3 amide bonds. The van der Waals surface area contributed by atoms with Crippen molar-refractivity contribution in [3.63, 3.8) is 0 Å². The van der Waals surface area contributed by atoms with Gasteiger partial charge in [0.05, 0.1) is 6.04 Å². The molecule has 1 atom stereocenters. The SMILES string of the molecule is CC(C(N)=O)N1CCN(C(=O)NCc2ccccc2)CC1. The highest BCUT2D eigenvalue weighted by molar-refractivity contribution is 5.79. The molecule has 0 bridgehead atoms. The molecule has 1 aromatic rings. The monoisotopic (exact) mass is 290 g/mol. The second-order valence-corrected chi connectivity index (χ2v) is 5.25. The Kier molecular flexibility index (Phi) is 5.16. The molecule has 0 aromatic heterocycles. The van der Waals surface area contributed by atoms with Gasteiger partial charge < -0.3 is 16.0 Å². The lowest BCUT2D eigenvalue weighted by Gasteiger charge is -2.36. The molecular weight excluding hydrogens is 268 g/mol. The molecule has 114 valence electrons. The predicted molar refractivity (Wildman–Crippen MR) is 80.5 cm³/mol. The van der Waals surface area contributed by atoms with Crippen LogP contribution in [0, 0.1) is 0 Å². The molecule has 1 fully saturated rings. The zero-order valence-electron chi connectivity index (χ0n) is 12.3. The highest BCUT2D eigenvalue weighted by Gasteiger charge is 2.26. The average Bonchev–Trinajstić information content (AvgIpc) is 2.53. The lowest BCUT2D eigenvalue weighted by molar-refractivity contribution is -0.123. The maximum absolute atomic E-state index is 12.1.